The maximum Gasteiger partial charge on any atom is 0.191 e. The van der Waals surface area contributed by atoms with E-state index in [9.17, 15) is 5.11 Å². The van der Waals surface area contributed by atoms with Crippen molar-refractivity contribution in [1.82, 2.24) is 10.6 Å². The Morgan fingerprint density at radius 2 is 1.82 bits per heavy atom. The second kappa shape index (κ2) is 10.8. The first-order valence-electron chi connectivity index (χ1n) is 10.2. The number of guanidine groups is 1. The van der Waals surface area contributed by atoms with E-state index in [-0.39, 0.29) is 6.10 Å². The van der Waals surface area contributed by atoms with Gasteiger partial charge in [-0.1, -0.05) is 60.7 Å². The average Bonchev–Trinajstić information content (AvgIpc) is 3.22. The monoisotopic (exact) mass is 381 g/mol. The van der Waals surface area contributed by atoms with E-state index < -0.39 is 6.10 Å². The van der Waals surface area contributed by atoms with E-state index in [1.165, 1.54) is 5.56 Å². The summed E-state index contributed by atoms with van der Waals surface area (Å²) >= 11 is 0. The first kappa shape index (κ1) is 20.4. The van der Waals surface area contributed by atoms with Gasteiger partial charge < -0.3 is 20.5 Å². The smallest absolute Gasteiger partial charge is 0.191 e. The van der Waals surface area contributed by atoms with Crippen LogP contribution in [0, 0.1) is 5.92 Å². The minimum Gasteiger partial charge on any atom is -0.388 e. The van der Waals surface area contributed by atoms with E-state index in [0.29, 0.717) is 18.9 Å². The summed E-state index contributed by atoms with van der Waals surface area (Å²) in [7, 11) is 0. The Morgan fingerprint density at radius 3 is 2.54 bits per heavy atom. The van der Waals surface area contributed by atoms with Gasteiger partial charge in [-0.25, -0.2) is 0 Å². The summed E-state index contributed by atoms with van der Waals surface area (Å²) < 4.78 is 5.96. The van der Waals surface area contributed by atoms with Gasteiger partial charge in [-0.05, 0) is 30.9 Å². The minimum absolute atomic E-state index is 0.118. The molecule has 0 bridgehead atoms. The van der Waals surface area contributed by atoms with Crippen LogP contribution < -0.4 is 10.6 Å². The van der Waals surface area contributed by atoms with Gasteiger partial charge in [0.05, 0.1) is 12.2 Å². The van der Waals surface area contributed by atoms with Crippen LogP contribution in [0.25, 0.3) is 0 Å². The quantitative estimate of drug-likeness (QED) is 0.484. The first-order chi connectivity index (χ1) is 13.8. The van der Waals surface area contributed by atoms with E-state index in [0.717, 1.165) is 37.6 Å². The van der Waals surface area contributed by atoms with Gasteiger partial charge in [-0.2, -0.15) is 0 Å². The lowest BCUT2D eigenvalue weighted by molar-refractivity contribution is 0.0925. The highest BCUT2D eigenvalue weighted by Gasteiger charge is 2.29. The molecular formula is C23H31N3O2. The van der Waals surface area contributed by atoms with E-state index in [2.05, 4.69) is 41.8 Å². The molecule has 1 aliphatic rings. The zero-order chi connectivity index (χ0) is 19.6. The number of ether oxygens (including phenoxy) is 1. The lowest BCUT2D eigenvalue weighted by atomic mass is 9.95. The fourth-order valence-corrected chi connectivity index (χ4v) is 3.55. The summed E-state index contributed by atoms with van der Waals surface area (Å²) in [6.07, 6.45) is 1.30. The maximum absolute atomic E-state index is 10.3. The SMILES string of the molecule is CCNC(=NCC1CCOC1c1ccccc1)NCCC(O)c1ccccc1. The van der Waals surface area contributed by atoms with Crippen LogP contribution in [0.3, 0.4) is 0 Å². The standard InChI is InChI=1S/C23H31N3O2/c1-2-24-23(25-15-13-21(27)18-9-5-3-6-10-18)26-17-20-14-16-28-22(20)19-11-7-4-8-12-19/h3-12,20-22,27H,2,13-17H2,1H3,(H2,24,25,26). The molecule has 0 aliphatic carbocycles. The Balaban J connectivity index is 1.52. The van der Waals surface area contributed by atoms with Gasteiger partial charge in [-0.3, -0.25) is 4.99 Å². The number of aliphatic imine (C=N–C) groups is 1. The molecule has 1 fully saturated rings. The third kappa shape index (κ3) is 5.81. The summed E-state index contributed by atoms with van der Waals surface area (Å²) in [5.41, 5.74) is 2.17. The van der Waals surface area contributed by atoms with Gasteiger partial charge in [-0.15, -0.1) is 0 Å². The molecule has 0 spiro atoms. The molecule has 0 amide bonds. The van der Waals surface area contributed by atoms with Crippen molar-refractivity contribution in [3.05, 3.63) is 71.8 Å². The Morgan fingerprint density at radius 1 is 1.11 bits per heavy atom. The predicted molar refractivity (Wildman–Crippen MR) is 113 cm³/mol. The summed E-state index contributed by atoms with van der Waals surface area (Å²) in [5, 5.41) is 16.9. The largest absolute Gasteiger partial charge is 0.388 e. The zero-order valence-electron chi connectivity index (χ0n) is 16.6. The molecule has 1 saturated heterocycles. The van der Waals surface area contributed by atoms with Crippen LogP contribution in [-0.4, -0.2) is 37.3 Å². The van der Waals surface area contributed by atoms with Crippen molar-refractivity contribution < 1.29 is 9.84 Å². The van der Waals surface area contributed by atoms with Crippen molar-refractivity contribution in [2.45, 2.75) is 32.0 Å². The number of aliphatic hydroxyl groups is 1. The maximum atomic E-state index is 10.3. The van der Waals surface area contributed by atoms with Crippen LogP contribution >= 0.6 is 0 Å². The van der Waals surface area contributed by atoms with Crippen molar-refractivity contribution >= 4 is 5.96 Å². The van der Waals surface area contributed by atoms with Crippen molar-refractivity contribution in [3.8, 4) is 0 Å². The second-order valence-electron chi connectivity index (χ2n) is 7.11. The predicted octanol–water partition coefficient (Wildman–Crippen LogP) is 3.44. The molecule has 28 heavy (non-hydrogen) atoms. The van der Waals surface area contributed by atoms with Crippen LogP contribution in [0.2, 0.25) is 0 Å². The normalized spacial score (nSPS) is 20.7. The third-order valence-corrected chi connectivity index (χ3v) is 5.07. The molecule has 3 rings (SSSR count). The Hall–Kier alpha value is -2.37. The first-order valence-corrected chi connectivity index (χ1v) is 10.2. The summed E-state index contributed by atoms with van der Waals surface area (Å²) in [6, 6.07) is 20.2. The molecule has 2 aromatic rings. The minimum atomic E-state index is -0.470. The number of aliphatic hydroxyl groups excluding tert-OH is 1. The van der Waals surface area contributed by atoms with Crippen LogP contribution in [0.1, 0.15) is 43.1 Å². The van der Waals surface area contributed by atoms with Gasteiger partial charge in [0, 0.05) is 32.2 Å². The zero-order valence-corrected chi connectivity index (χ0v) is 16.6. The molecule has 0 aromatic heterocycles. The topological polar surface area (TPSA) is 65.9 Å². The Kier molecular flexibility index (Phi) is 7.88. The number of nitrogens with one attached hydrogen (secondary N) is 2. The van der Waals surface area contributed by atoms with Gasteiger partial charge in [0.25, 0.3) is 0 Å². The number of benzene rings is 2. The fourth-order valence-electron chi connectivity index (χ4n) is 3.55. The molecule has 1 heterocycles. The lowest BCUT2D eigenvalue weighted by Crippen LogP contribution is -2.38. The van der Waals surface area contributed by atoms with Crippen LogP contribution in [-0.2, 0) is 4.74 Å². The van der Waals surface area contributed by atoms with Crippen LogP contribution in [0.5, 0.6) is 0 Å². The number of rotatable bonds is 8. The molecule has 3 atom stereocenters. The fraction of sp³-hybridized carbons (Fsp3) is 0.435. The molecule has 2 aromatic carbocycles. The molecule has 150 valence electrons. The molecule has 3 unspecified atom stereocenters. The number of hydrogen-bond donors (Lipinski definition) is 3. The van der Waals surface area contributed by atoms with Gasteiger partial charge >= 0.3 is 0 Å². The Labute approximate surface area is 167 Å². The number of hydrogen-bond acceptors (Lipinski definition) is 3. The van der Waals surface area contributed by atoms with Gasteiger partial charge in [0.1, 0.15) is 0 Å². The molecule has 5 nitrogen and oxygen atoms in total. The van der Waals surface area contributed by atoms with Gasteiger partial charge in [0.2, 0.25) is 0 Å². The molecule has 5 heteroatoms. The third-order valence-electron chi connectivity index (χ3n) is 5.07. The van der Waals surface area contributed by atoms with Crippen molar-refractivity contribution in [2.24, 2.45) is 10.9 Å². The highest BCUT2D eigenvalue weighted by atomic mass is 16.5. The highest BCUT2D eigenvalue weighted by Crippen LogP contribution is 2.34. The Bertz CT molecular complexity index is 721. The number of nitrogens with zero attached hydrogens (tertiary/aromatic N) is 1. The van der Waals surface area contributed by atoms with Crippen LogP contribution in [0.15, 0.2) is 65.7 Å². The highest BCUT2D eigenvalue weighted by molar-refractivity contribution is 5.79. The van der Waals surface area contributed by atoms with E-state index in [1.807, 2.05) is 36.4 Å². The average molecular weight is 382 g/mol. The molecule has 3 N–H and O–H groups in total. The van der Waals surface area contributed by atoms with Crippen molar-refractivity contribution in [3.63, 3.8) is 0 Å². The molecule has 0 radical (unpaired) electrons. The van der Waals surface area contributed by atoms with E-state index in [4.69, 9.17) is 9.73 Å². The molecule has 0 saturated carbocycles. The van der Waals surface area contributed by atoms with Crippen molar-refractivity contribution in [2.75, 3.05) is 26.2 Å². The summed E-state index contributed by atoms with van der Waals surface area (Å²) in [5.74, 6) is 1.18. The van der Waals surface area contributed by atoms with Crippen LogP contribution in [0.4, 0.5) is 0 Å². The summed E-state index contributed by atoms with van der Waals surface area (Å²) in [4.78, 5) is 4.77. The lowest BCUT2D eigenvalue weighted by Gasteiger charge is -2.19. The summed E-state index contributed by atoms with van der Waals surface area (Å²) in [6.45, 7) is 5.02. The molecule has 1 aliphatic heterocycles. The molecular weight excluding hydrogens is 350 g/mol. The van der Waals surface area contributed by atoms with E-state index in [1.54, 1.807) is 0 Å². The van der Waals surface area contributed by atoms with Gasteiger partial charge in [0.15, 0.2) is 5.96 Å². The van der Waals surface area contributed by atoms with E-state index >= 15 is 0 Å². The second-order valence-corrected chi connectivity index (χ2v) is 7.11. The van der Waals surface area contributed by atoms with Crippen molar-refractivity contribution in [1.29, 1.82) is 0 Å².